The van der Waals surface area contributed by atoms with Gasteiger partial charge in [0, 0.05) is 28.1 Å². The molecular formula is C29H24N2O5. The number of hydrogen-bond acceptors (Lipinski definition) is 7. The Balaban J connectivity index is 1.50. The Morgan fingerprint density at radius 2 is 1.92 bits per heavy atom. The van der Waals surface area contributed by atoms with Gasteiger partial charge in [0.15, 0.2) is 0 Å². The van der Waals surface area contributed by atoms with Crippen molar-refractivity contribution in [2.45, 2.75) is 26.2 Å². The Kier molecular flexibility index (Phi) is 5.87. The van der Waals surface area contributed by atoms with Crippen molar-refractivity contribution in [3.8, 4) is 23.3 Å². The molecule has 36 heavy (non-hydrogen) atoms. The monoisotopic (exact) mass is 480 g/mol. The molecule has 180 valence electrons. The lowest BCUT2D eigenvalue weighted by Gasteiger charge is -2.27. The highest BCUT2D eigenvalue weighted by Gasteiger charge is 2.33. The van der Waals surface area contributed by atoms with E-state index in [4.69, 9.17) is 24.4 Å². The second kappa shape index (κ2) is 9.16. The van der Waals surface area contributed by atoms with Gasteiger partial charge < -0.3 is 24.4 Å². The molecule has 0 fully saturated rings. The summed E-state index contributed by atoms with van der Waals surface area (Å²) in [4.78, 5) is 13.0. The van der Waals surface area contributed by atoms with Gasteiger partial charge in [0.25, 0.3) is 0 Å². The van der Waals surface area contributed by atoms with Crippen LogP contribution in [0.4, 0.5) is 0 Å². The third kappa shape index (κ3) is 3.83. The summed E-state index contributed by atoms with van der Waals surface area (Å²) >= 11 is 0. The van der Waals surface area contributed by atoms with Gasteiger partial charge in [-0.2, -0.15) is 5.26 Å². The number of fused-ring (bicyclic) bond motifs is 2. The molecule has 0 amide bonds. The smallest absolute Gasteiger partial charge is 0.379 e. The number of esters is 1. The maximum Gasteiger partial charge on any atom is 0.379 e. The maximum atomic E-state index is 13.0. The lowest BCUT2D eigenvalue weighted by molar-refractivity contribution is 0.0702. The van der Waals surface area contributed by atoms with E-state index in [2.05, 4.69) is 13.0 Å². The van der Waals surface area contributed by atoms with Gasteiger partial charge in [-0.25, -0.2) is 4.79 Å². The second-order valence-electron chi connectivity index (χ2n) is 8.50. The predicted octanol–water partition coefficient (Wildman–Crippen LogP) is 5.75. The molecule has 4 aromatic rings. The molecule has 7 nitrogen and oxygen atoms in total. The Hall–Kier alpha value is -4.70. The van der Waals surface area contributed by atoms with Gasteiger partial charge in [-0.15, -0.1) is 0 Å². The van der Waals surface area contributed by atoms with E-state index in [9.17, 15) is 10.1 Å². The number of allylic oxidation sites excluding steroid dienone is 1. The molecule has 0 saturated carbocycles. The number of para-hydroxylation sites is 1. The predicted molar refractivity (Wildman–Crippen MR) is 134 cm³/mol. The number of nitriles is 1. The van der Waals surface area contributed by atoms with E-state index in [1.54, 1.807) is 25.3 Å². The van der Waals surface area contributed by atoms with Crippen LogP contribution in [0.5, 0.6) is 17.2 Å². The van der Waals surface area contributed by atoms with E-state index in [-0.39, 0.29) is 23.0 Å². The van der Waals surface area contributed by atoms with Crippen LogP contribution in [-0.4, -0.2) is 13.1 Å². The van der Waals surface area contributed by atoms with Crippen molar-refractivity contribution in [1.29, 1.82) is 5.26 Å². The first-order valence-electron chi connectivity index (χ1n) is 11.5. The van der Waals surface area contributed by atoms with E-state index in [0.717, 1.165) is 28.5 Å². The Bertz CT molecular complexity index is 1570. The molecule has 2 N–H and O–H groups in total. The highest BCUT2D eigenvalue weighted by Crippen LogP contribution is 2.45. The van der Waals surface area contributed by atoms with Gasteiger partial charge in [-0.05, 0) is 43.2 Å². The minimum absolute atomic E-state index is 0.00996. The molecule has 0 radical (unpaired) electrons. The molecule has 1 atom stereocenters. The lowest BCUT2D eigenvalue weighted by Crippen LogP contribution is -2.21. The van der Waals surface area contributed by atoms with Crippen molar-refractivity contribution in [3.05, 3.63) is 100 Å². The van der Waals surface area contributed by atoms with Gasteiger partial charge in [-0.3, -0.25) is 0 Å². The first-order chi connectivity index (χ1) is 17.4. The van der Waals surface area contributed by atoms with E-state index >= 15 is 0 Å². The zero-order chi connectivity index (χ0) is 25.4. The second-order valence-corrected chi connectivity index (χ2v) is 8.50. The molecule has 3 aromatic carbocycles. The van der Waals surface area contributed by atoms with E-state index in [1.165, 1.54) is 0 Å². The summed E-state index contributed by atoms with van der Waals surface area (Å²) in [7, 11) is 1.57. The van der Waals surface area contributed by atoms with Gasteiger partial charge in [0.1, 0.15) is 34.5 Å². The minimum atomic E-state index is -0.611. The molecule has 7 heteroatoms. The number of nitrogens with two attached hydrogens (primary N) is 1. The quantitative estimate of drug-likeness (QED) is 0.286. The van der Waals surface area contributed by atoms with E-state index in [0.29, 0.717) is 22.6 Å². The summed E-state index contributed by atoms with van der Waals surface area (Å²) in [5, 5.41) is 10.7. The molecule has 1 aliphatic heterocycles. The van der Waals surface area contributed by atoms with Gasteiger partial charge in [0.2, 0.25) is 11.6 Å². The summed E-state index contributed by atoms with van der Waals surface area (Å²) in [5.74, 6) is 0.309. The highest BCUT2D eigenvalue weighted by atomic mass is 16.5. The van der Waals surface area contributed by atoms with Gasteiger partial charge >= 0.3 is 5.97 Å². The van der Waals surface area contributed by atoms with Crippen LogP contribution in [0.25, 0.3) is 11.0 Å². The summed E-state index contributed by atoms with van der Waals surface area (Å²) < 4.78 is 22.7. The van der Waals surface area contributed by atoms with Crippen LogP contribution in [-0.2, 0) is 6.42 Å². The normalized spacial score (nSPS) is 14.7. The average Bonchev–Trinajstić information content (AvgIpc) is 3.23. The standard InChI is InChI=1S/C29H24N2O5/c1-4-17-9-12-24-21(13-17)16(2)27(35-24)29(32)34-18-10-11-20-25(14-18)36-28(31)22(15-30)26(20)19-7-5-6-8-23(19)33-3/h5-14,26H,4,31H2,1-3H3. The van der Waals surface area contributed by atoms with Gasteiger partial charge in [0.05, 0.1) is 13.0 Å². The van der Waals surface area contributed by atoms with Crippen LogP contribution in [0.3, 0.4) is 0 Å². The summed E-state index contributed by atoms with van der Waals surface area (Å²) in [6, 6.07) is 20.5. The van der Waals surface area contributed by atoms with Crippen LogP contribution in [0.15, 0.2) is 76.5 Å². The third-order valence-electron chi connectivity index (χ3n) is 6.45. The van der Waals surface area contributed by atoms with Gasteiger partial charge in [-0.1, -0.05) is 37.3 Å². The Morgan fingerprint density at radius 3 is 2.67 bits per heavy atom. The summed E-state index contributed by atoms with van der Waals surface area (Å²) in [5.41, 5.74) is 10.4. The number of rotatable bonds is 5. The first-order valence-corrected chi connectivity index (χ1v) is 11.5. The largest absolute Gasteiger partial charge is 0.496 e. The zero-order valence-electron chi connectivity index (χ0n) is 20.1. The number of benzene rings is 3. The number of furan rings is 1. The summed E-state index contributed by atoms with van der Waals surface area (Å²) in [6.45, 7) is 3.91. The van der Waals surface area contributed by atoms with Crippen molar-refractivity contribution < 1.29 is 23.4 Å². The van der Waals surface area contributed by atoms with Crippen LogP contribution in [0.2, 0.25) is 0 Å². The molecule has 1 aliphatic rings. The topological polar surface area (TPSA) is 108 Å². The number of carbonyl (C=O) groups is 1. The fraction of sp³-hybridized carbons (Fsp3) is 0.172. The van der Waals surface area contributed by atoms with Crippen molar-refractivity contribution >= 4 is 16.9 Å². The number of methoxy groups -OCH3 is 1. The fourth-order valence-electron chi connectivity index (χ4n) is 4.56. The van der Waals surface area contributed by atoms with Crippen LogP contribution < -0.4 is 19.9 Å². The summed E-state index contributed by atoms with van der Waals surface area (Å²) in [6.07, 6.45) is 0.885. The molecule has 1 unspecified atom stereocenters. The minimum Gasteiger partial charge on any atom is -0.496 e. The number of ether oxygens (including phenoxy) is 3. The maximum absolute atomic E-state index is 13.0. The van der Waals surface area contributed by atoms with E-state index < -0.39 is 11.9 Å². The zero-order valence-corrected chi connectivity index (χ0v) is 20.1. The molecule has 0 saturated heterocycles. The fourth-order valence-corrected chi connectivity index (χ4v) is 4.56. The van der Waals surface area contributed by atoms with Crippen LogP contribution in [0.1, 0.15) is 45.7 Å². The molecule has 2 heterocycles. The molecule has 0 bridgehead atoms. The van der Waals surface area contributed by atoms with Crippen molar-refractivity contribution in [2.24, 2.45) is 5.73 Å². The number of hydrogen-bond donors (Lipinski definition) is 1. The van der Waals surface area contributed by atoms with E-state index in [1.807, 2.05) is 49.4 Å². The molecule has 5 rings (SSSR count). The first kappa shape index (κ1) is 23.1. The number of carbonyl (C=O) groups excluding carboxylic acids is 1. The number of nitrogens with zero attached hydrogens (tertiary/aromatic N) is 1. The third-order valence-corrected chi connectivity index (χ3v) is 6.45. The molecule has 0 spiro atoms. The molecular weight excluding hydrogens is 456 g/mol. The van der Waals surface area contributed by atoms with Crippen molar-refractivity contribution in [3.63, 3.8) is 0 Å². The Labute approximate surface area is 208 Å². The molecule has 1 aromatic heterocycles. The molecule has 0 aliphatic carbocycles. The van der Waals surface area contributed by atoms with Crippen molar-refractivity contribution in [1.82, 2.24) is 0 Å². The van der Waals surface area contributed by atoms with Crippen molar-refractivity contribution in [2.75, 3.05) is 7.11 Å². The van der Waals surface area contributed by atoms with Crippen LogP contribution in [0, 0.1) is 18.3 Å². The highest BCUT2D eigenvalue weighted by molar-refractivity contribution is 5.97. The van der Waals surface area contributed by atoms with Crippen LogP contribution >= 0.6 is 0 Å². The lowest BCUT2D eigenvalue weighted by atomic mass is 9.83. The number of aryl methyl sites for hydroxylation is 2. The SMILES string of the molecule is CCc1ccc2oc(C(=O)Oc3ccc4c(c3)OC(N)=C(C#N)C4c3ccccc3OC)c(C)c2c1. The average molecular weight is 481 g/mol. The Morgan fingerprint density at radius 1 is 1.11 bits per heavy atom.